The van der Waals surface area contributed by atoms with Gasteiger partial charge >= 0.3 is 0 Å². The van der Waals surface area contributed by atoms with Gasteiger partial charge in [-0.2, -0.15) is 5.10 Å². The normalized spacial score (nSPS) is 11.7. The predicted octanol–water partition coefficient (Wildman–Crippen LogP) is 5.09. The van der Waals surface area contributed by atoms with E-state index in [2.05, 4.69) is 15.7 Å². The molecule has 9 heteroatoms. The van der Waals surface area contributed by atoms with Gasteiger partial charge in [-0.15, -0.1) is 11.8 Å². The summed E-state index contributed by atoms with van der Waals surface area (Å²) in [4.78, 5) is 25.9. The summed E-state index contributed by atoms with van der Waals surface area (Å²) in [5, 5.41) is 10.3. The van der Waals surface area contributed by atoms with E-state index in [4.69, 9.17) is 16.3 Å². The molecule has 2 aromatic carbocycles. The maximum absolute atomic E-state index is 12.6. The lowest BCUT2D eigenvalue weighted by Gasteiger charge is -2.16. The number of aryl methyl sites for hydroxylation is 2. The number of rotatable bonds is 8. The van der Waals surface area contributed by atoms with Crippen LogP contribution in [0.25, 0.3) is 0 Å². The molecular weight excluding hydrogens is 448 g/mol. The Kier molecular flexibility index (Phi) is 7.82. The molecule has 1 aromatic heterocycles. The number of ether oxygens (including phenoxy) is 1. The number of benzene rings is 2. The van der Waals surface area contributed by atoms with E-state index in [1.54, 1.807) is 36.9 Å². The summed E-state index contributed by atoms with van der Waals surface area (Å²) < 4.78 is 6.80. The Morgan fingerprint density at radius 1 is 1.12 bits per heavy atom. The van der Waals surface area contributed by atoms with Crippen LogP contribution in [0, 0.1) is 13.8 Å². The van der Waals surface area contributed by atoms with Crippen LogP contribution < -0.4 is 15.4 Å². The number of halogens is 1. The molecule has 0 aliphatic rings. The quantitative estimate of drug-likeness (QED) is 0.446. The second kappa shape index (κ2) is 10.6. The molecule has 0 aliphatic carbocycles. The minimum atomic E-state index is -0.492. The minimum absolute atomic E-state index is 0.156. The molecule has 2 amide bonds. The Bertz CT molecular complexity index is 1110. The van der Waals surface area contributed by atoms with E-state index in [0.717, 1.165) is 22.0 Å². The molecular formula is C23H25ClN4O3S. The van der Waals surface area contributed by atoms with Gasteiger partial charge < -0.3 is 15.4 Å². The van der Waals surface area contributed by atoms with Gasteiger partial charge in [0, 0.05) is 16.3 Å². The SMILES string of the molecule is COc1ccc(SCC(=O)Nc2ccc(NC(=O)C(C)n3nc(C)cc3C)c(Cl)c2)cc1. The van der Waals surface area contributed by atoms with E-state index in [1.165, 1.54) is 11.8 Å². The van der Waals surface area contributed by atoms with E-state index in [0.29, 0.717) is 16.4 Å². The number of nitrogens with zero attached hydrogens (tertiary/aromatic N) is 2. The van der Waals surface area contributed by atoms with Gasteiger partial charge in [0.1, 0.15) is 11.8 Å². The molecule has 2 N–H and O–H groups in total. The van der Waals surface area contributed by atoms with Crippen LogP contribution in [0.3, 0.4) is 0 Å². The van der Waals surface area contributed by atoms with Crippen LogP contribution in [0.2, 0.25) is 5.02 Å². The van der Waals surface area contributed by atoms with Crippen LogP contribution in [0.5, 0.6) is 5.75 Å². The van der Waals surface area contributed by atoms with Gasteiger partial charge in [-0.25, -0.2) is 0 Å². The molecule has 168 valence electrons. The monoisotopic (exact) mass is 472 g/mol. The number of anilines is 2. The number of thioether (sulfide) groups is 1. The highest BCUT2D eigenvalue weighted by molar-refractivity contribution is 8.00. The number of aromatic nitrogens is 2. The van der Waals surface area contributed by atoms with Gasteiger partial charge in [0.15, 0.2) is 0 Å². The zero-order chi connectivity index (χ0) is 23.3. The molecule has 0 saturated heterocycles. The molecule has 0 aliphatic heterocycles. The van der Waals surface area contributed by atoms with E-state index < -0.39 is 6.04 Å². The number of hydrogen-bond acceptors (Lipinski definition) is 5. The molecule has 1 heterocycles. The van der Waals surface area contributed by atoms with Crippen LogP contribution in [0.1, 0.15) is 24.4 Å². The lowest BCUT2D eigenvalue weighted by molar-refractivity contribution is -0.119. The van der Waals surface area contributed by atoms with Crippen molar-refractivity contribution in [2.24, 2.45) is 0 Å². The van der Waals surface area contributed by atoms with Crippen molar-refractivity contribution in [1.82, 2.24) is 9.78 Å². The number of carbonyl (C=O) groups is 2. The van der Waals surface area contributed by atoms with Gasteiger partial charge in [-0.1, -0.05) is 11.6 Å². The molecule has 1 atom stereocenters. The molecule has 3 rings (SSSR count). The molecule has 0 bridgehead atoms. The van der Waals surface area contributed by atoms with Crippen LogP contribution >= 0.6 is 23.4 Å². The fourth-order valence-electron chi connectivity index (χ4n) is 3.10. The molecule has 0 saturated carbocycles. The number of methoxy groups -OCH3 is 1. The van der Waals surface area contributed by atoms with Crippen molar-refractivity contribution in [3.63, 3.8) is 0 Å². The highest BCUT2D eigenvalue weighted by atomic mass is 35.5. The molecule has 3 aromatic rings. The second-order valence-electron chi connectivity index (χ2n) is 7.24. The fraction of sp³-hybridized carbons (Fsp3) is 0.261. The molecule has 1 unspecified atom stereocenters. The maximum atomic E-state index is 12.6. The average molecular weight is 473 g/mol. The standard InChI is InChI=1S/C23H25ClN4O3S/c1-14-11-15(2)28(27-14)16(3)23(30)26-21-10-5-17(12-20(21)24)25-22(29)13-32-19-8-6-18(31-4)7-9-19/h5-12,16H,13H2,1-4H3,(H,25,29)(H,26,30). The summed E-state index contributed by atoms with van der Waals surface area (Å²) in [5.41, 5.74) is 2.78. The first-order valence-electron chi connectivity index (χ1n) is 9.96. The first-order chi connectivity index (χ1) is 15.3. The van der Waals surface area contributed by atoms with E-state index in [-0.39, 0.29) is 17.6 Å². The third kappa shape index (κ3) is 6.05. The minimum Gasteiger partial charge on any atom is -0.497 e. The smallest absolute Gasteiger partial charge is 0.248 e. The Hall–Kier alpha value is -2.97. The van der Waals surface area contributed by atoms with Crippen molar-refractivity contribution in [3.8, 4) is 5.75 Å². The van der Waals surface area contributed by atoms with Crippen molar-refractivity contribution in [2.75, 3.05) is 23.5 Å². The number of hydrogen-bond donors (Lipinski definition) is 2. The van der Waals surface area contributed by atoms with Crippen molar-refractivity contribution in [2.45, 2.75) is 31.7 Å². The number of nitrogens with one attached hydrogen (secondary N) is 2. The Labute approximate surface area is 196 Å². The summed E-state index contributed by atoms with van der Waals surface area (Å²) in [6, 6.07) is 13.9. The summed E-state index contributed by atoms with van der Waals surface area (Å²) in [6.07, 6.45) is 0. The predicted molar refractivity (Wildman–Crippen MR) is 129 cm³/mol. The molecule has 0 fully saturated rings. The average Bonchev–Trinajstić information content (AvgIpc) is 3.11. The van der Waals surface area contributed by atoms with Gasteiger partial charge in [-0.3, -0.25) is 14.3 Å². The largest absolute Gasteiger partial charge is 0.497 e. The molecule has 32 heavy (non-hydrogen) atoms. The van der Waals surface area contributed by atoms with Crippen LogP contribution in [0.4, 0.5) is 11.4 Å². The third-order valence-corrected chi connectivity index (χ3v) is 6.06. The Balaban J connectivity index is 1.56. The summed E-state index contributed by atoms with van der Waals surface area (Å²) in [5.74, 6) is 0.634. The van der Waals surface area contributed by atoms with Crippen LogP contribution in [0.15, 0.2) is 53.4 Å². The van der Waals surface area contributed by atoms with Gasteiger partial charge in [0.2, 0.25) is 11.8 Å². The number of amides is 2. The zero-order valence-corrected chi connectivity index (χ0v) is 19.9. The Morgan fingerprint density at radius 3 is 2.44 bits per heavy atom. The van der Waals surface area contributed by atoms with Crippen LogP contribution in [-0.2, 0) is 9.59 Å². The van der Waals surface area contributed by atoms with Crippen molar-refractivity contribution in [1.29, 1.82) is 0 Å². The molecule has 0 spiro atoms. The van der Waals surface area contributed by atoms with Crippen molar-refractivity contribution in [3.05, 3.63) is 64.9 Å². The third-order valence-electron chi connectivity index (χ3n) is 4.73. The van der Waals surface area contributed by atoms with E-state index in [9.17, 15) is 9.59 Å². The lowest BCUT2D eigenvalue weighted by atomic mass is 10.2. The van der Waals surface area contributed by atoms with Gasteiger partial charge in [-0.05, 0) is 69.3 Å². The summed E-state index contributed by atoms with van der Waals surface area (Å²) in [6.45, 7) is 5.56. The Morgan fingerprint density at radius 2 is 1.84 bits per heavy atom. The van der Waals surface area contributed by atoms with E-state index in [1.807, 2.05) is 44.2 Å². The molecule has 0 radical (unpaired) electrons. The van der Waals surface area contributed by atoms with E-state index >= 15 is 0 Å². The van der Waals surface area contributed by atoms with Crippen molar-refractivity contribution >= 4 is 46.6 Å². The highest BCUT2D eigenvalue weighted by Gasteiger charge is 2.19. The highest BCUT2D eigenvalue weighted by Crippen LogP contribution is 2.27. The topological polar surface area (TPSA) is 85.3 Å². The summed E-state index contributed by atoms with van der Waals surface area (Å²) >= 11 is 7.76. The van der Waals surface area contributed by atoms with Gasteiger partial charge in [0.05, 0.1) is 29.3 Å². The fourth-order valence-corrected chi connectivity index (χ4v) is 4.02. The van der Waals surface area contributed by atoms with Gasteiger partial charge in [0.25, 0.3) is 0 Å². The van der Waals surface area contributed by atoms with Crippen molar-refractivity contribution < 1.29 is 14.3 Å². The molecule has 7 nitrogen and oxygen atoms in total. The number of carbonyl (C=O) groups excluding carboxylic acids is 2. The first kappa shape index (κ1) is 23.7. The second-order valence-corrected chi connectivity index (χ2v) is 8.70. The summed E-state index contributed by atoms with van der Waals surface area (Å²) in [7, 11) is 1.61. The lowest BCUT2D eigenvalue weighted by Crippen LogP contribution is -2.25. The van der Waals surface area contributed by atoms with Crippen LogP contribution in [-0.4, -0.2) is 34.5 Å². The maximum Gasteiger partial charge on any atom is 0.248 e. The zero-order valence-electron chi connectivity index (χ0n) is 18.3. The first-order valence-corrected chi connectivity index (χ1v) is 11.3.